The molecule has 0 saturated carbocycles. The first-order valence-electron chi connectivity index (χ1n) is 9.13. The number of rotatable bonds is 3. The van der Waals surface area contributed by atoms with E-state index < -0.39 is 0 Å². The van der Waals surface area contributed by atoms with Gasteiger partial charge < -0.3 is 0 Å². The van der Waals surface area contributed by atoms with Gasteiger partial charge in [0.25, 0.3) is 5.95 Å². The number of benzene rings is 2. The summed E-state index contributed by atoms with van der Waals surface area (Å²) in [6, 6.07) is 22.5. The quantitative estimate of drug-likeness (QED) is 0.554. The van der Waals surface area contributed by atoms with E-state index in [-0.39, 0.29) is 0 Å². The molecule has 0 atom stereocenters. The molecule has 0 radical (unpaired) electrons. The Bertz CT molecular complexity index is 1150. The third kappa shape index (κ3) is 2.75. The van der Waals surface area contributed by atoms with Gasteiger partial charge in [-0.3, -0.25) is 9.55 Å². The van der Waals surface area contributed by atoms with Crippen LogP contribution in [0.15, 0.2) is 84.2 Å². The summed E-state index contributed by atoms with van der Waals surface area (Å²) >= 11 is 0. The Balaban J connectivity index is 1.74. The molecule has 136 valence electrons. The second-order valence-electron chi connectivity index (χ2n) is 6.63. The minimum absolute atomic E-state index is 0.574. The highest BCUT2D eigenvalue weighted by Crippen LogP contribution is 2.30. The van der Waals surface area contributed by atoms with Gasteiger partial charge in [0, 0.05) is 23.5 Å². The summed E-state index contributed by atoms with van der Waals surface area (Å²) in [4.78, 5) is 4.11. The first-order chi connectivity index (χ1) is 13.8. The fourth-order valence-corrected chi connectivity index (χ4v) is 3.46. The van der Waals surface area contributed by atoms with Crippen LogP contribution in [-0.2, 0) is 6.54 Å². The van der Waals surface area contributed by atoms with Gasteiger partial charge in [-0.25, -0.2) is 5.01 Å². The molecule has 0 amide bonds. The summed E-state index contributed by atoms with van der Waals surface area (Å²) in [5.41, 5.74) is 5.15. The highest BCUT2D eigenvalue weighted by atomic mass is 15.6. The Morgan fingerprint density at radius 3 is 2.39 bits per heavy atom. The van der Waals surface area contributed by atoms with Gasteiger partial charge in [0.2, 0.25) is 0 Å². The Hall–Kier alpha value is -3.80. The average molecular weight is 366 g/mol. The summed E-state index contributed by atoms with van der Waals surface area (Å²) in [6.07, 6.45) is 3.58. The molecule has 0 bridgehead atoms. The van der Waals surface area contributed by atoms with Gasteiger partial charge in [-0.1, -0.05) is 48.5 Å². The lowest BCUT2D eigenvalue weighted by Gasteiger charge is -2.17. The topological polar surface area (TPSA) is 59.2 Å². The van der Waals surface area contributed by atoms with Crippen LogP contribution in [-0.4, -0.2) is 25.5 Å². The second-order valence-corrected chi connectivity index (χ2v) is 6.63. The predicted molar refractivity (Wildman–Crippen MR) is 109 cm³/mol. The molecular weight excluding hydrogens is 348 g/mol. The zero-order valence-corrected chi connectivity index (χ0v) is 15.4. The molecule has 5 rings (SSSR count). The third-order valence-electron chi connectivity index (χ3n) is 4.79. The van der Waals surface area contributed by atoms with Gasteiger partial charge in [0.15, 0.2) is 0 Å². The largest absolute Gasteiger partial charge is 0.265 e. The molecule has 0 aliphatic carbocycles. The van der Waals surface area contributed by atoms with Crippen molar-refractivity contribution in [2.24, 2.45) is 5.10 Å². The minimum atomic E-state index is 0.574. The molecule has 4 aromatic rings. The molecule has 2 aromatic carbocycles. The van der Waals surface area contributed by atoms with E-state index in [1.54, 1.807) is 12.4 Å². The van der Waals surface area contributed by atoms with Crippen molar-refractivity contribution in [2.75, 3.05) is 5.01 Å². The maximum absolute atomic E-state index is 5.04. The van der Waals surface area contributed by atoms with Crippen LogP contribution < -0.4 is 5.01 Å². The zero-order chi connectivity index (χ0) is 18.9. The molecule has 1 aliphatic rings. The number of nitrogens with zero attached hydrogens (tertiary/aromatic N) is 6. The van der Waals surface area contributed by atoms with Crippen molar-refractivity contribution in [3.8, 4) is 5.69 Å². The Kier molecular flexibility index (Phi) is 3.94. The number of hydrogen-bond donors (Lipinski definition) is 0. The van der Waals surface area contributed by atoms with Crippen molar-refractivity contribution in [2.45, 2.75) is 13.5 Å². The van der Waals surface area contributed by atoms with E-state index in [1.165, 1.54) is 0 Å². The van der Waals surface area contributed by atoms with E-state index in [9.17, 15) is 0 Å². The normalized spacial score (nSPS) is 12.8. The molecule has 1 aliphatic heterocycles. The third-order valence-corrected chi connectivity index (χ3v) is 4.79. The van der Waals surface area contributed by atoms with E-state index in [1.807, 2.05) is 54.4 Å². The van der Waals surface area contributed by atoms with Gasteiger partial charge in [0.05, 0.1) is 12.2 Å². The Morgan fingerprint density at radius 2 is 1.57 bits per heavy atom. The summed E-state index contributed by atoms with van der Waals surface area (Å²) < 4.78 is 2.07. The molecule has 6 nitrogen and oxygen atoms in total. The van der Waals surface area contributed by atoms with Gasteiger partial charge in [-0.05, 0) is 30.7 Å². The van der Waals surface area contributed by atoms with Crippen LogP contribution in [0.3, 0.4) is 0 Å². The zero-order valence-electron chi connectivity index (χ0n) is 15.4. The number of anilines is 1. The fraction of sp³-hybridized carbons (Fsp3) is 0.0909. The van der Waals surface area contributed by atoms with E-state index in [4.69, 9.17) is 5.10 Å². The SMILES string of the molecule is Cc1nnc2n1-c1ccccc1C(c1ccccc1)=NN2Cc1ccncc1. The lowest BCUT2D eigenvalue weighted by molar-refractivity contribution is 0.795. The van der Waals surface area contributed by atoms with Crippen molar-refractivity contribution in [1.82, 2.24) is 19.7 Å². The first kappa shape index (κ1) is 16.4. The van der Waals surface area contributed by atoms with E-state index in [0.29, 0.717) is 12.5 Å². The molecule has 6 heteroatoms. The number of aryl methyl sites for hydroxylation is 1. The van der Waals surface area contributed by atoms with Crippen LogP contribution in [0, 0.1) is 6.92 Å². The van der Waals surface area contributed by atoms with Gasteiger partial charge in [0.1, 0.15) is 11.5 Å². The van der Waals surface area contributed by atoms with Crippen LogP contribution in [0.5, 0.6) is 0 Å². The molecule has 0 N–H and O–H groups in total. The molecule has 0 fully saturated rings. The van der Waals surface area contributed by atoms with E-state index >= 15 is 0 Å². The van der Waals surface area contributed by atoms with Crippen LogP contribution in [0.1, 0.15) is 22.5 Å². The van der Waals surface area contributed by atoms with Crippen molar-refractivity contribution < 1.29 is 0 Å². The Morgan fingerprint density at radius 1 is 0.821 bits per heavy atom. The molecule has 2 aromatic heterocycles. The summed E-state index contributed by atoms with van der Waals surface area (Å²) in [6.45, 7) is 2.54. The van der Waals surface area contributed by atoms with Crippen LogP contribution in [0.2, 0.25) is 0 Å². The van der Waals surface area contributed by atoms with Gasteiger partial charge >= 0.3 is 0 Å². The maximum Gasteiger partial charge on any atom is 0.252 e. The van der Waals surface area contributed by atoms with Crippen LogP contribution >= 0.6 is 0 Å². The second kappa shape index (κ2) is 6.74. The molecule has 0 spiro atoms. The summed E-state index contributed by atoms with van der Waals surface area (Å²) in [7, 11) is 0. The minimum Gasteiger partial charge on any atom is -0.265 e. The standard InChI is InChI=1S/C22H18N6/c1-16-24-25-22-27(15-17-11-13-23-14-12-17)26-21(18-7-3-2-4-8-18)19-9-5-6-10-20(19)28(16)22/h2-14H,15H2,1H3. The van der Waals surface area contributed by atoms with E-state index in [2.05, 4.69) is 44.0 Å². The van der Waals surface area contributed by atoms with Crippen molar-refractivity contribution >= 4 is 11.7 Å². The number of para-hydroxylation sites is 1. The molecule has 0 unspecified atom stereocenters. The monoisotopic (exact) mass is 366 g/mol. The lowest BCUT2D eigenvalue weighted by Crippen LogP contribution is -2.20. The highest BCUT2D eigenvalue weighted by Gasteiger charge is 2.26. The van der Waals surface area contributed by atoms with Crippen molar-refractivity contribution in [1.29, 1.82) is 0 Å². The van der Waals surface area contributed by atoms with Crippen LogP contribution in [0.25, 0.3) is 5.69 Å². The maximum atomic E-state index is 5.04. The summed E-state index contributed by atoms with van der Waals surface area (Å²) in [5, 5.41) is 15.7. The van der Waals surface area contributed by atoms with Crippen molar-refractivity contribution in [3.05, 3.63) is 102 Å². The Labute approximate surface area is 162 Å². The van der Waals surface area contributed by atoms with Gasteiger partial charge in [-0.15, -0.1) is 10.2 Å². The first-order valence-corrected chi connectivity index (χ1v) is 9.13. The molecule has 0 saturated heterocycles. The van der Waals surface area contributed by atoms with E-state index in [0.717, 1.165) is 33.9 Å². The molecule has 28 heavy (non-hydrogen) atoms. The number of aromatic nitrogens is 4. The number of fused-ring (bicyclic) bond motifs is 3. The number of pyridine rings is 1. The molecular formula is C22H18N6. The predicted octanol–water partition coefficient (Wildman–Crippen LogP) is 3.74. The molecule has 3 heterocycles. The average Bonchev–Trinajstić information content (AvgIpc) is 3.07. The lowest BCUT2D eigenvalue weighted by atomic mass is 10.0. The van der Waals surface area contributed by atoms with Gasteiger partial charge in [-0.2, -0.15) is 5.10 Å². The van der Waals surface area contributed by atoms with Crippen molar-refractivity contribution in [3.63, 3.8) is 0 Å². The summed E-state index contributed by atoms with van der Waals surface area (Å²) in [5.74, 6) is 1.53. The van der Waals surface area contributed by atoms with Crippen LogP contribution in [0.4, 0.5) is 5.95 Å². The number of hydrogen-bond acceptors (Lipinski definition) is 5. The smallest absolute Gasteiger partial charge is 0.252 e. The fourth-order valence-electron chi connectivity index (χ4n) is 3.46. The highest BCUT2D eigenvalue weighted by molar-refractivity contribution is 6.15. The number of hydrazone groups is 1.